The van der Waals surface area contributed by atoms with Crippen LogP contribution in [0.1, 0.15) is 23.5 Å². The molecule has 1 aliphatic rings. The lowest BCUT2D eigenvalue weighted by molar-refractivity contribution is -0.117. The number of aryl methyl sites for hydroxylation is 1. The van der Waals surface area contributed by atoms with Crippen LogP contribution in [0, 0.1) is 11.7 Å². The van der Waals surface area contributed by atoms with E-state index in [1.165, 1.54) is 33.5 Å². The number of anilines is 2. The van der Waals surface area contributed by atoms with Gasteiger partial charge in [0, 0.05) is 37.5 Å². The molecule has 4 aromatic rings. The first-order valence-electron chi connectivity index (χ1n) is 9.89. The minimum Gasteiger partial charge on any atom is -0.438 e. The number of imidazole rings is 2. The van der Waals surface area contributed by atoms with Gasteiger partial charge in [0.1, 0.15) is 11.6 Å². The number of rotatable bonds is 6. The summed E-state index contributed by atoms with van der Waals surface area (Å²) in [5.74, 6) is -0.0892. The lowest BCUT2D eigenvalue weighted by Gasteiger charge is -2.09. The van der Waals surface area contributed by atoms with E-state index in [2.05, 4.69) is 25.7 Å². The smallest absolute Gasteiger partial charge is 0.291 e. The molecule has 0 aliphatic heterocycles. The number of nitrogens with zero attached hydrogens (tertiary/aromatic N) is 5. The van der Waals surface area contributed by atoms with E-state index in [-0.39, 0.29) is 35.0 Å². The topological polar surface area (TPSA) is 115 Å². The van der Waals surface area contributed by atoms with Crippen LogP contribution in [0.5, 0.6) is 11.6 Å². The molecule has 1 saturated carbocycles. The number of carbonyl (C=O) groups excluding carboxylic acids is 2. The van der Waals surface area contributed by atoms with Crippen molar-refractivity contribution in [3.8, 4) is 11.6 Å². The molecule has 10 nitrogen and oxygen atoms in total. The number of aromatic nitrogens is 5. The molecule has 0 saturated heterocycles. The summed E-state index contributed by atoms with van der Waals surface area (Å²) in [7, 11) is 1.67. The second kappa shape index (κ2) is 7.76. The summed E-state index contributed by atoms with van der Waals surface area (Å²) in [4.78, 5) is 32.5. The van der Waals surface area contributed by atoms with Crippen LogP contribution in [0.3, 0.4) is 0 Å². The highest BCUT2D eigenvalue weighted by atomic mass is 19.1. The average Bonchev–Trinajstić information content (AvgIpc) is 3.41. The van der Waals surface area contributed by atoms with E-state index in [0.29, 0.717) is 11.5 Å². The second-order valence-electron chi connectivity index (χ2n) is 7.42. The van der Waals surface area contributed by atoms with Crippen molar-refractivity contribution in [3.05, 3.63) is 60.6 Å². The van der Waals surface area contributed by atoms with Crippen molar-refractivity contribution >= 4 is 29.0 Å². The van der Waals surface area contributed by atoms with Gasteiger partial charge in [0.05, 0.1) is 11.9 Å². The number of benzene rings is 1. The molecule has 2 N–H and O–H groups in total. The third kappa shape index (κ3) is 4.00. The Balaban J connectivity index is 1.33. The van der Waals surface area contributed by atoms with E-state index in [4.69, 9.17) is 4.74 Å². The number of fused-ring (bicyclic) bond motifs is 1. The van der Waals surface area contributed by atoms with Gasteiger partial charge in [-0.3, -0.25) is 9.59 Å². The number of hydrogen-bond acceptors (Lipinski definition) is 6. The molecular formula is C21H18FN7O3. The average molecular weight is 435 g/mol. The standard InChI is InChI=1S/C21H18FN7O3/c1-28-9-8-23-19(28)21(31)24-15-10-13(4-5-14(15)22)32-18-7-6-17-25-16(11-29(17)27-18)26-20(30)12-2-3-12/h4-12H,2-3H2,1H3,(H,24,31)(H,26,30). The Morgan fingerprint density at radius 3 is 2.78 bits per heavy atom. The number of amides is 2. The van der Waals surface area contributed by atoms with Gasteiger partial charge in [-0.25, -0.2) is 18.9 Å². The van der Waals surface area contributed by atoms with Crippen molar-refractivity contribution in [2.75, 3.05) is 10.6 Å². The SMILES string of the molecule is Cn1ccnc1C(=O)Nc1cc(Oc2ccc3nc(NC(=O)C4CC4)cn3n2)ccc1F. The molecule has 162 valence electrons. The van der Waals surface area contributed by atoms with Gasteiger partial charge < -0.3 is 19.9 Å². The fourth-order valence-electron chi connectivity index (χ4n) is 3.10. The van der Waals surface area contributed by atoms with Crippen LogP contribution in [0.4, 0.5) is 15.9 Å². The maximum atomic E-state index is 14.2. The van der Waals surface area contributed by atoms with Crippen LogP contribution >= 0.6 is 0 Å². The van der Waals surface area contributed by atoms with Gasteiger partial charge in [-0.1, -0.05) is 0 Å². The molecule has 0 bridgehead atoms. The summed E-state index contributed by atoms with van der Waals surface area (Å²) in [5, 5.41) is 9.57. The van der Waals surface area contributed by atoms with Crippen LogP contribution in [-0.2, 0) is 11.8 Å². The third-order valence-electron chi connectivity index (χ3n) is 4.93. The van der Waals surface area contributed by atoms with Crippen molar-refractivity contribution in [2.45, 2.75) is 12.8 Å². The van der Waals surface area contributed by atoms with Crippen LogP contribution < -0.4 is 15.4 Å². The van der Waals surface area contributed by atoms with Crippen molar-refractivity contribution < 1.29 is 18.7 Å². The van der Waals surface area contributed by atoms with Crippen molar-refractivity contribution in [1.29, 1.82) is 0 Å². The highest BCUT2D eigenvalue weighted by Gasteiger charge is 2.30. The molecule has 32 heavy (non-hydrogen) atoms. The monoisotopic (exact) mass is 435 g/mol. The van der Waals surface area contributed by atoms with Gasteiger partial charge in [0.25, 0.3) is 5.91 Å². The molecule has 0 spiro atoms. The van der Waals surface area contributed by atoms with Crippen LogP contribution in [0.15, 0.2) is 48.9 Å². The predicted molar refractivity (Wildman–Crippen MR) is 112 cm³/mol. The second-order valence-corrected chi connectivity index (χ2v) is 7.42. The first-order valence-corrected chi connectivity index (χ1v) is 9.89. The van der Waals surface area contributed by atoms with E-state index in [0.717, 1.165) is 12.8 Å². The molecule has 3 aromatic heterocycles. The van der Waals surface area contributed by atoms with E-state index in [9.17, 15) is 14.0 Å². The van der Waals surface area contributed by atoms with Crippen molar-refractivity contribution in [1.82, 2.24) is 24.1 Å². The van der Waals surface area contributed by atoms with Crippen molar-refractivity contribution in [3.63, 3.8) is 0 Å². The van der Waals surface area contributed by atoms with E-state index in [1.54, 1.807) is 31.6 Å². The van der Waals surface area contributed by atoms with E-state index in [1.807, 2.05) is 0 Å². The Kier molecular flexibility index (Phi) is 4.77. The van der Waals surface area contributed by atoms with Crippen LogP contribution in [0.2, 0.25) is 0 Å². The lowest BCUT2D eigenvalue weighted by Crippen LogP contribution is -2.17. The van der Waals surface area contributed by atoms with Gasteiger partial charge in [0.2, 0.25) is 11.8 Å². The third-order valence-corrected chi connectivity index (χ3v) is 4.93. The quantitative estimate of drug-likeness (QED) is 0.481. The summed E-state index contributed by atoms with van der Waals surface area (Å²) in [6, 6.07) is 7.25. The molecule has 1 fully saturated rings. The Morgan fingerprint density at radius 2 is 2.03 bits per heavy atom. The highest BCUT2D eigenvalue weighted by Crippen LogP contribution is 2.30. The Labute approximate surface area is 181 Å². The minimum absolute atomic E-state index is 0.0451. The molecule has 0 unspecified atom stereocenters. The zero-order valence-corrected chi connectivity index (χ0v) is 16.9. The number of halogens is 1. The normalized spacial score (nSPS) is 13.2. The fraction of sp³-hybridized carbons (Fsp3) is 0.190. The molecule has 1 aromatic carbocycles. The zero-order valence-electron chi connectivity index (χ0n) is 16.9. The minimum atomic E-state index is -0.617. The molecule has 5 rings (SSSR count). The van der Waals surface area contributed by atoms with Gasteiger partial charge in [-0.2, -0.15) is 0 Å². The van der Waals surface area contributed by atoms with Gasteiger partial charge in [0.15, 0.2) is 17.3 Å². The van der Waals surface area contributed by atoms with Crippen LogP contribution in [0.25, 0.3) is 5.65 Å². The molecule has 0 atom stereocenters. The molecule has 1 aliphatic carbocycles. The zero-order chi connectivity index (χ0) is 22.2. The van der Waals surface area contributed by atoms with E-state index < -0.39 is 11.7 Å². The number of hydrogen-bond donors (Lipinski definition) is 2. The van der Waals surface area contributed by atoms with Crippen LogP contribution in [-0.4, -0.2) is 36.0 Å². The van der Waals surface area contributed by atoms with Gasteiger partial charge >= 0.3 is 0 Å². The predicted octanol–water partition coefficient (Wildman–Crippen LogP) is 3.00. The van der Waals surface area contributed by atoms with Gasteiger partial charge in [-0.15, -0.1) is 5.10 Å². The first-order chi connectivity index (χ1) is 15.5. The van der Waals surface area contributed by atoms with Crippen molar-refractivity contribution in [2.24, 2.45) is 13.0 Å². The summed E-state index contributed by atoms with van der Waals surface area (Å²) in [6.07, 6.45) is 6.48. The summed E-state index contributed by atoms with van der Waals surface area (Å²) < 4.78 is 23.0. The largest absolute Gasteiger partial charge is 0.438 e. The van der Waals surface area contributed by atoms with E-state index >= 15 is 0 Å². The number of carbonyl (C=O) groups is 2. The summed E-state index contributed by atoms with van der Waals surface area (Å²) in [6.45, 7) is 0. The molecule has 2 amide bonds. The molecule has 0 radical (unpaired) electrons. The first kappa shape index (κ1) is 19.7. The van der Waals surface area contributed by atoms with Gasteiger partial charge in [-0.05, 0) is 31.0 Å². The maximum Gasteiger partial charge on any atom is 0.291 e. The lowest BCUT2D eigenvalue weighted by atomic mass is 10.2. The molecule has 3 heterocycles. The maximum absolute atomic E-state index is 14.2. The Hall–Kier alpha value is -4.28. The number of ether oxygens (including phenoxy) is 1. The highest BCUT2D eigenvalue weighted by molar-refractivity contribution is 6.02. The fourth-order valence-corrected chi connectivity index (χ4v) is 3.10. The molecular weight excluding hydrogens is 417 g/mol. The Bertz CT molecular complexity index is 1340. The Morgan fingerprint density at radius 1 is 1.19 bits per heavy atom. The summed E-state index contributed by atoms with van der Waals surface area (Å²) in [5.41, 5.74) is 0.481. The summed E-state index contributed by atoms with van der Waals surface area (Å²) >= 11 is 0. The number of nitrogens with one attached hydrogen (secondary N) is 2. The molecule has 11 heteroatoms.